The number of hydrogen-bond donors (Lipinski definition) is 1. The normalized spacial score (nSPS) is 26.4. The van der Waals surface area contributed by atoms with E-state index in [4.69, 9.17) is 5.73 Å². The summed E-state index contributed by atoms with van der Waals surface area (Å²) in [5.74, 6) is 1.53. The van der Waals surface area contributed by atoms with Crippen LogP contribution in [0.25, 0.3) is 0 Å². The topological polar surface area (TPSA) is 63.4 Å². The molecule has 2 N–H and O–H groups in total. The molecule has 0 aromatic heterocycles. The standard InChI is InChI=1S/C12H26N2O2S/c1-14(7-8-17(2,15)16)10-12-6-4-3-5-11(12)9-13/h11-12H,3-10,13H2,1-2H3. The highest BCUT2D eigenvalue weighted by atomic mass is 32.2. The SMILES string of the molecule is CN(CCS(C)(=O)=O)CC1CCCCC1CN. The molecule has 1 fully saturated rings. The lowest BCUT2D eigenvalue weighted by Crippen LogP contribution is -2.37. The predicted molar refractivity (Wildman–Crippen MR) is 71.7 cm³/mol. The molecule has 0 saturated heterocycles. The minimum absolute atomic E-state index is 0.253. The van der Waals surface area contributed by atoms with Gasteiger partial charge in [-0.05, 0) is 38.3 Å². The lowest BCUT2D eigenvalue weighted by molar-refractivity contribution is 0.178. The van der Waals surface area contributed by atoms with Crippen molar-refractivity contribution in [2.75, 3.05) is 38.7 Å². The highest BCUT2D eigenvalue weighted by molar-refractivity contribution is 7.90. The van der Waals surface area contributed by atoms with Gasteiger partial charge in [0, 0.05) is 19.3 Å². The van der Waals surface area contributed by atoms with Crippen LogP contribution in [-0.2, 0) is 9.84 Å². The molecule has 5 heteroatoms. The molecule has 102 valence electrons. The third kappa shape index (κ3) is 5.84. The second-order valence-electron chi connectivity index (χ2n) is 5.43. The third-order valence-electron chi connectivity index (χ3n) is 3.76. The van der Waals surface area contributed by atoms with Crippen LogP contribution >= 0.6 is 0 Å². The molecule has 0 heterocycles. The van der Waals surface area contributed by atoms with Crippen LogP contribution in [0.15, 0.2) is 0 Å². The Morgan fingerprint density at radius 1 is 1.24 bits per heavy atom. The average Bonchev–Trinajstić information content (AvgIpc) is 2.26. The van der Waals surface area contributed by atoms with Crippen molar-refractivity contribution in [1.29, 1.82) is 0 Å². The summed E-state index contributed by atoms with van der Waals surface area (Å²) >= 11 is 0. The molecule has 1 rings (SSSR count). The molecular formula is C12H26N2O2S. The molecular weight excluding hydrogens is 236 g/mol. The van der Waals surface area contributed by atoms with E-state index >= 15 is 0 Å². The maximum atomic E-state index is 11.1. The Hall–Kier alpha value is -0.130. The van der Waals surface area contributed by atoms with Gasteiger partial charge in [-0.15, -0.1) is 0 Å². The van der Waals surface area contributed by atoms with Gasteiger partial charge in [0.1, 0.15) is 9.84 Å². The first-order valence-corrected chi connectivity index (χ1v) is 8.55. The Bertz CT molecular complexity index is 316. The quantitative estimate of drug-likeness (QED) is 0.766. The average molecular weight is 262 g/mol. The van der Waals surface area contributed by atoms with Crippen molar-refractivity contribution in [1.82, 2.24) is 4.90 Å². The summed E-state index contributed by atoms with van der Waals surface area (Å²) in [6.45, 7) is 2.38. The molecule has 17 heavy (non-hydrogen) atoms. The van der Waals surface area contributed by atoms with Crippen LogP contribution in [0.1, 0.15) is 25.7 Å². The van der Waals surface area contributed by atoms with Crippen molar-refractivity contribution < 1.29 is 8.42 Å². The molecule has 1 aliphatic carbocycles. The molecule has 0 radical (unpaired) electrons. The van der Waals surface area contributed by atoms with E-state index in [1.807, 2.05) is 7.05 Å². The minimum Gasteiger partial charge on any atom is -0.330 e. The summed E-state index contributed by atoms with van der Waals surface area (Å²) in [7, 11) is -0.838. The van der Waals surface area contributed by atoms with E-state index in [0.717, 1.165) is 13.1 Å². The van der Waals surface area contributed by atoms with Gasteiger partial charge in [-0.2, -0.15) is 0 Å². The molecule has 2 unspecified atom stereocenters. The highest BCUT2D eigenvalue weighted by Gasteiger charge is 2.24. The van der Waals surface area contributed by atoms with Gasteiger partial charge in [-0.1, -0.05) is 12.8 Å². The molecule has 0 amide bonds. The Kier molecular flexibility index (Phi) is 5.89. The molecule has 1 saturated carbocycles. The number of sulfone groups is 1. The van der Waals surface area contributed by atoms with E-state index in [0.29, 0.717) is 18.4 Å². The lowest BCUT2D eigenvalue weighted by atomic mass is 9.79. The summed E-state index contributed by atoms with van der Waals surface area (Å²) < 4.78 is 22.2. The number of nitrogens with zero attached hydrogens (tertiary/aromatic N) is 1. The predicted octanol–water partition coefficient (Wildman–Crippen LogP) is 0.728. The zero-order valence-electron chi connectivity index (χ0n) is 11.1. The fourth-order valence-electron chi connectivity index (χ4n) is 2.65. The van der Waals surface area contributed by atoms with Crippen LogP contribution in [0.2, 0.25) is 0 Å². The van der Waals surface area contributed by atoms with Gasteiger partial charge >= 0.3 is 0 Å². The second-order valence-corrected chi connectivity index (χ2v) is 7.69. The molecule has 4 nitrogen and oxygen atoms in total. The van der Waals surface area contributed by atoms with Crippen molar-refractivity contribution in [2.45, 2.75) is 25.7 Å². The highest BCUT2D eigenvalue weighted by Crippen LogP contribution is 2.29. The summed E-state index contributed by atoms with van der Waals surface area (Å²) in [6, 6.07) is 0. The maximum absolute atomic E-state index is 11.1. The monoisotopic (exact) mass is 262 g/mol. The Morgan fingerprint density at radius 2 is 1.82 bits per heavy atom. The van der Waals surface area contributed by atoms with Gasteiger partial charge < -0.3 is 10.6 Å². The number of hydrogen-bond acceptors (Lipinski definition) is 4. The fraction of sp³-hybridized carbons (Fsp3) is 1.00. The lowest BCUT2D eigenvalue weighted by Gasteiger charge is -2.33. The van der Waals surface area contributed by atoms with Crippen molar-refractivity contribution in [2.24, 2.45) is 17.6 Å². The van der Waals surface area contributed by atoms with Crippen molar-refractivity contribution in [3.63, 3.8) is 0 Å². The van der Waals surface area contributed by atoms with Gasteiger partial charge in [-0.25, -0.2) is 8.42 Å². The van der Waals surface area contributed by atoms with Crippen LogP contribution in [0.5, 0.6) is 0 Å². The van der Waals surface area contributed by atoms with E-state index < -0.39 is 9.84 Å². The zero-order valence-corrected chi connectivity index (χ0v) is 11.9. The van der Waals surface area contributed by atoms with Gasteiger partial charge in [0.25, 0.3) is 0 Å². The zero-order chi connectivity index (χ0) is 12.9. The van der Waals surface area contributed by atoms with Crippen molar-refractivity contribution in [3.05, 3.63) is 0 Å². The van der Waals surface area contributed by atoms with E-state index in [2.05, 4.69) is 4.90 Å². The van der Waals surface area contributed by atoms with E-state index in [-0.39, 0.29) is 5.75 Å². The molecule has 0 aromatic rings. The smallest absolute Gasteiger partial charge is 0.148 e. The van der Waals surface area contributed by atoms with Crippen molar-refractivity contribution in [3.8, 4) is 0 Å². The first kappa shape index (κ1) is 14.9. The Balaban J connectivity index is 2.35. The van der Waals surface area contributed by atoms with E-state index in [9.17, 15) is 8.42 Å². The summed E-state index contributed by atoms with van der Waals surface area (Å²) in [6.07, 6.45) is 6.36. The number of nitrogens with two attached hydrogens (primary N) is 1. The summed E-state index contributed by atoms with van der Waals surface area (Å²) in [5, 5.41) is 0. The molecule has 1 aliphatic rings. The number of rotatable bonds is 6. The van der Waals surface area contributed by atoms with Crippen LogP contribution in [0.3, 0.4) is 0 Å². The first-order valence-electron chi connectivity index (χ1n) is 6.48. The van der Waals surface area contributed by atoms with Gasteiger partial charge in [-0.3, -0.25) is 0 Å². The van der Waals surface area contributed by atoms with Crippen LogP contribution in [-0.4, -0.2) is 52.0 Å². The van der Waals surface area contributed by atoms with E-state index in [1.54, 1.807) is 0 Å². The van der Waals surface area contributed by atoms with Crippen LogP contribution < -0.4 is 5.73 Å². The maximum Gasteiger partial charge on any atom is 0.148 e. The summed E-state index contributed by atoms with van der Waals surface area (Å²) in [5.41, 5.74) is 5.80. The largest absolute Gasteiger partial charge is 0.330 e. The minimum atomic E-state index is -2.85. The fourth-order valence-corrected chi connectivity index (χ4v) is 3.29. The van der Waals surface area contributed by atoms with Gasteiger partial charge in [0.15, 0.2) is 0 Å². The van der Waals surface area contributed by atoms with E-state index in [1.165, 1.54) is 31.9 Å². The molecule has 2 atom stereocenters. The van der Waals surface area contributed by atoms with Gasteiger partial charge in [0.2, 0.25) is 0 Å². The van der Waals surface area contributed by atoms with Crippen LogP contribution in [0.4, 0.5) is 0 Å². The Labute approximate surface area is 105 Å². The third-order valence-corrected chi connectivity index (χ3v) is 4.68. The molecule has 0 aliphatic heterocycles. The van der Waals surface area contributed by atoms with Crippen molar-refractivity contribution >= 4 is 9.84 Å². The van der Waals surface area contributed by atoms with Crippen LogP contribution in [0, 0.1) is 11.8 Å². The van der Waals surface area contributed by atoms with Gasteiger partial charge in [0.05, 0.1) is 5.75 Å². The molecule has 0 aromatic carbocycles. The molecule has 0 spiro atoms. The Morgan fingerprint density at radius 3 is 2.35 bits per heavy atom. The molecule has 0 bridgehead atoms. The first-order chi connectivity index (χ1) is 7.92. The summed E-state index contributed by atoms with van der Waals surface area (Å²) in [4.78, 5) is 2.14. The second kappa shape index (κ2) is 6.71.